The Bertz CT molecular complexity index is 430. The molecule has 1 rings (SSSR count). The van der Waals surface area contributed by atoms with E-state index in [1.165, 1.54) is 0 Å². The molecule has 6 nitrogen and oxygen atoms in total. The quantitative estimate of drug-likeness (QED) is 0.613. The van der Waals surface area contributed by atoms with Gasteiger partial charge < -0.3 is 15.1 Å². The van der Waals surface area contributed by atoms with Crippen molar-refractivity contribution in [1.82, 2.24) is 9.97 Å². The fourth-order valence-corrected chi connectivity index (χ4v) is 2.02. The number of rotatable bonds is 6. The number of methoxy groups -OCH3 is 1. The summed E-state index contributed by atoms with van der Waals surface area (Å²) in [5.41, 5.74) is 2.49. The van der Waals surface area contributed by atoms with E-state index >= 15 is 0 Å². The van der Waals surface area contributed by atoms with Gasteiger partial charge in [-0.2, -0.15) is 0 Å². The van der Waals surface area contributed by atoms with E-state index in [2.05, 4.69) is 49.9 Å². The summed E-state index contributed by atoms with van der Waals surface area (Å²) in [5.74, 6) is 7.79. The molecule has 0 radical (unpaired) electrons. The lowest BCUT2D eigenvalue weighted by Crippen LogP contribution is -2.37. The number of anilines is 2. The minimum Gasteiger partial charge on any atom is -0.383 e. The summed E-state index contributed by atoms with van der Waals surface area (Å²) in [5, 5.41) is 0. The molecule has 0 amide bonds. The lowest BCUT2D eigenvalue weighted by molar-refractivity contribution is 0.181. The molecule has 114 valence electrons. The van der Waals surface area contributed by atoms with E-state index in [0.29, 0.717) is 12.4 Å². The van der Waals surface area contributed by atoms with E-state index in [9.17, 15) is 0 Å². The van der Waals surface area contributed by atoms with E-state index < -0.39 is 0 Å². The van der Waals surface area contributed by atoms with Crippen molar-refractivity contribution in [2.45, 2.75) is 46.1 Å². The molecule has 3 N–H and O–H groups in total. The SMILES string of the molecule is CCN(c1cc(NN)nc(C(C)(C)C)n1)C(C)COC. The topological polar surface area (TPSA) is 76.3 Å². The van der Waals surface area contributed by atoms with Gasteiger partial charge in [0.25, 0.3) is 0 Å². The van der Waals surface area contributed by atoms with Crippen LogP contribution in [0.15, 0.2) is 6.07 Å². The van der Waals surface area contributed by atoms with Gasteiger partial charge in [-0.05, 0) is 13.8 Å². The number of ether oxygens (including phenoxy) is 1. The number of likely N-dealkylation sites (N-methyl/N-ethyl adjacent to an activating group) is 1. The zero-order valence-corrected chi connectivity index (χ0v) is 13.4. The fourth-order valence-electron chi connectivity index (χ4n) is 2.02. The number of aromatic nitrogens is 2. The summed E-state index contributed by atoms with van der Waals surface area (Å²) in [4.78, 5) is 11.3. The first-order valence-electron chi connectivity index (χ1n) is 6.95. The molecule has 0 fully saturated rings. The van der Waals surface area contributed by atoms with Gasteiger partial charge in [-0.15, -0.1) is 0 Å². The van der Waals surface area contributed by atoms with Crippen LogP contribution in [0.2, 0.25) is 0 Å². The Balaban J connectivity index is 3.21. The normalized spacial score (nSPS) is 13.2. The lowest BCUT2D eigenvalue weighted by atomic mass is 9.96. The summed E-state index contributed by atoms with van der Waals surface area (Å²) in [6.45, 7) is 12.0. The molecule has 1 aromatic rings. The summed E-state index contributed by atoms with van der Waals surface area (Å²) in [7, 11) is 1.71. The molecule has 0 aliphatic heterocycles. The van der Waals surface area contributed by atoms with Crippen molar-refractivity contribution in [2.24, 2.45) is 5.84 Å². The Labute approximate surface area is 121 Å². The lowest BCUT2D eigenvalue weighted by Gasteiger charge is -2.30. The van der Waals surface area contributed by atoms with Gasteiger partial charge in [0.05, 0.1) is 12.6 Å². The first-order chi connectivity index (χ1) is 9.33. The minimum atomic E-state index is -0.133. The second-order valence-corrected chi connectivity index (χ2v) is 5.92. The van der Waals surface area contributed by atoms with Crippen molar-refractivity contribution in [3.8, 4) is 0 Å². The number of hydrogen-bond donors (Lipinski definition) is 2. The summed E-state index contributed by atoms with van der Waals surface area (Å²) in [6.07, 6.45) is 0. The van der Waals surface area contributed by atoms with Crippen LogP contribution in [0, 0.1) is 0 Å². The van der Waals surface area contributed by atoms with Crippen LogP contribution in [0.25, 0.3) is 0 Å². The highest BCUT2D eigenvalue weighted by molar-refractivity contribution is 5.50. The highest BCUT2D eigenvalue weighted by Crippen LogP contribution is 2.24. The maximum atomic E-state index is 5.52. The van der Waals surface area contributed by atoms with Gasteiger partial charge >= 0.3 is 0 Å². The highest BCUT2D eigenvalue weighted by atomic mass is 16.5. The third-order valence-electron chi connectivity index (χ3n) is 3.11. The fraction of sp³-hybridized carbons (Fsp3) is 0.714. The van der Waals surface area contributed by atoms with Crippen molar-refractivity contribution >= 4 is 11.6 Å². The zero-order chi connectivity index (χ0) is 15.3. The summed E-state index contributed by atoms with van der Waals surface area (Å²) >= 11 is 0. The van der Waals surface area contributed by atoms with Gasteiger partial charge in [0, 0.05) is 25.1 Å². The molecule has 20 heavy (non-hydrogen) atoms. The number of nitrogen functional groups attached to an aromatic ring is 1. The summed E-state index contributed by atoms with van der Waals surface area (Å²) in [6, 6.07) is 2.10. The van der Waals surface area contributed by atoms with Crippen LogP contribution < -0.4 is 16.2 Å². The first-order valence-corrected chi connectivity index (χ1v) is 6.95. The predicted octanol–water partition coefficient (Wildman–Crippen LogP) is 1.92. The van der Waals surface area contributed by atoms with Crippen LogP contribution in [-0.4, -0.2) is 36.3 Å². The average Bonchev–Trinajstić information content (AvgIpc) is 2.38. The Morgan fingerprint density at radius 3 is 2.50 bits per heavy atom. The van der Waals surface area contributed by atoms with Gasteiger partial charge in [-0.25, -0.2) is 15.8 Å². The van der Waals surface area contributed by atoms with Crippen LogP contribution in [-0.2, 0) is 10.2 Å². The van der Waals surface area contributed by atoms with E-state index in [1.807, 2.05) is 6.07 Å². The third kappa shape index (κ3) is 4.05. The van der Waals surface area contributed by atoms with Crippen LogP contribution >= 0.6 is 0 Å². The van der Waals surface area contributed by atoms with Gasteiger partial charge in [0.2, 0.25) is 0 Å². The maximum absolute atomic E-state index is 5.52. The molecule has 0 aromatic carbocycles. The van der Waals surface area contributed by atoms with E-state index in [4.69, 9.17) is 15.6 Å². The second kappa shape index (κ2) is 6.85. The van der Waals surface area contributed by atoms with E-state index in [0.717, 1.165) is 18.2 Å². The number of nitrogens with zero attached hydrogens (tertiary/aromatic N) is 3. The van der Waals surface area contributed by atoms with Gasteiger partial charge in [-0.1, -0.05) is 20.8 Å². The Morgan fingerprint density at radius 2 is 2.05 bits per heavy atom. The minimum absolute atomic E-state index is 0.133. The van der Waals surface area contributed by atoms with Gasteiger partial charge in [0.15, 0.2) is 0 Å². The number of nitrogens with two attached hydrogens (primary N) is 1. The zero-order valence-electron chi connectivity index (χ0n) is 13.4. The molecule has 1 heterocycles. The second-order valence-electron chi connectivity index (χ2n) is 5.92. The molecule has 1 atom stereocenters. The Kier molecular flexibility index (Phi) is 5.71. The largest absolute Gasteiger partial charge is 0.383 e. The van der Waals surface area contributed by atoms with Crippen LogP contribution in [0.1, 0.15) is 40.4 Å². The molecule has 0 aliphatic carbocycles. The first kappa shape index (κ1) is 16.7. The standard InChI is InChI=1S/C14H27N5O/c1-7-19(10(2)9-20-6)12-8-11(18-15)16-13(17-12)14(3,4)5/h8,10H,7,9,15H2,1-6H3,(H,16,17,18). The molecular formula is C14H27N5O. The molecule has 0 saturated heterocycles. The van der Waals surface area contributed by atoms with Gasteiger partial charge in [0.1, 0.15) is 17.5 Å². The Hall–Kier alpha value is -1.40. The van der Waals surface area contributed by atoms with Crippen molar-refractivity contribution in [2.75, 3.05) is 30.6 Å². The molecule has 0 spiro atoms. The molecule has 1 aromatic heterocycles. The van der Waals surface area contributed by atoms with E-state index in [1.54, 1.807) is 7.11 Å². The van der Waals surface area contributed by atoms with Gasteiger partial charge in [-0.3, -0.25) is 0 Å². The highest BCUT2D eigenvalue weighted by Gasteiger charge is 2.22. The maximum Gasteiger partial charge on any atom is 0.145 e. The van der Waals surface area contributed by atoms with Crippen molar-refractivity contribution < 1.29 is 4.74 Å². The summed E-state index contributed by atoms with van der Waals surface area (Å²) < 4.78 is 5.24. The molecule has 0 aliphatic rings. The molecular weight excluding hydrogens is 254 g/mol. The van der Waals surface area contributed by atoms with Crippen molar-refractivity contribution in [1.29, 1.82) is 0 Å². The number of nitrogens with one attached hydrogen (secondary N) is 1. The average molecular weight is 281 g/mol. The van der Waals surface area contributed by atoms with Crippen LogP contribution in [0.5, 0.6) is 0 Å². The molecule has 1 unspecified atom stereocenters. The Morgan fingerprint density at radius 1 is 1.40 bits per heavy atom. The molecule has 6 heteroatoms. The van der Waals surface area contributed by atoms with Crippen molar-refractivity contribution in [3.63, 3.8) is 0 Å². The van der Waals surface area contributed by atoms with Crippen LogP contribution in [0.4, 0.5) is 11.6 Å². The van der Waals surface area contributed by atoms with E-state index in [-0.39, 0.29) is 11.5 Å². The predicted molar refractivity (Wildman–Crippen MR) is 82.9 cm³/mol. The van der Waals surface area contributed by atoms with Crippen molar-refractivity contribution in [3.05, 3.63) is 11.9 Å². The molecule has 0 saturated carbocycles. The van der Waals surface area contributed by atoms with Crippen LogP contribution in [0.3, 0.4) is 0 Å². The monoisotopic (exact) mass is 281 g/mol. The molecule has 0 bridgehead atoms. The third-order valence-corrected chi connectivity index (χ3v) is 3.11. The number of hydrazine groups is 1. The number of hydrogen-bond acceptors (Lipinski definition) is 6. The smallest absolute Gasteiger partial charge is 0.145 e.